The van der Waals surface area contributed by atoms with E-state index in [2.05, 4.69) is 12.2 Å². The summed E-state index contributed by atoms with van der Waals surface area (Å²) in [6, 6.07) is 10.7. The first kappa shape index (κ1) is 17.3. The number of fused-ring (bicyclic) bond motifs is 1. The molecule has 5 nitrogen and oxygen atoms in total. The van der Waals surface area contributed by atoms with Gasteiger partial charge in [-0.1, -0.05) is 44.0 Å². The molecule has 0 bridgehead atoms. The first-order valence-corrected chi connectivity index (χ1v) is 8.73. The van der Waals surface area contributed by atoms with Crippen molar-refractivity contribution >= 4 is 22.6 Å². The summed E-state index contributed by atoms with van der Waals surface area (Å²) >= 11 is 0. The molecule has 0 unspecified atom stereocenters. The van der Waals surface area contributed by atoms with Crippen molar-refractivity contribution in [2.75, 3.05) is 6.61 Å². The number of phenols is 1. The largest absolute Gasteiger partial charge is 0.507 e. The first-order chi connectivity index (χ1) is 12.0. The number of amides is 1. The summed E-state index contributed by atoms with van der Waals surface area (Å²) in [7, 11) is 0. The zero-order chi connectivity index (χ0) is 17.8. The average Bonchev–Trinajstić information content (AvgIpc) is 2.61. The minimum absolute atomic E-state index is 0.0672. The predicted molar refractivity (Wildman–Crippen MR) is 95.5 cm³/mol. The van der Waals surface area contributed by atoms with Gasteiger partial charge in [0, 0.05) is 6.04 Å². The van der Waals surface area contributed by atoms with E-state index in [9.17, 15) is 14.7 Å². The lowest BCUT2D eigenvalue weighted by Crippen LogP contribution is -2.42. The molecule has 0 spiro atoms. The number of carbonyl (C=O) groups excluding carboxylic acids is 2. The van der Waals surface area contributed by atoms with E-state index in [0.717, 1.165) is 30.0 Å². The Labute approximate surface area is 147 Å². The molecule has 2 N–H and O–H groups in total. The lowest BCUT2D eigenvalue weighted by molar-refractivity contribution is -0.125. The molecule has 2 aromatic rings. The highest BCUT2D eigenvalue weighted by atomic mass is 16.5. The van der Waals surface area contributed by atoms with Crippen LogP contribution in [-0.4, -0.2) is 29.6 Å². The molecular weight excluding hydrogens is 318 g/mol. The van der Waals surface area contributed by atoms with Gasteiger partial charge in [0.1, 0.15) is 11.3 Å². The highest BCUT2D eigenvalue weighted by Crippen LogP contribution is 2.26. The summed E-state index contributed by atoms with van der Waals surface area (Å²) in [6.07, 6.45) is 4.38. The van der Waals surface area contributed by atoms with E-state index in [1.165, 1.54) is 12.5 Å². The van der Waals surface area contributed by atoms with Crippen LogP contribution in [0.4, 0.5) is 0 Å². The average molecular weight is 341 g/mol. The number of carbonyl (C=O) groups is 2. The van der Waals surface area contributed by atoms with Gasteiger partial charge < -0.3 is 15.2 Å². The molecule has 0 radical (unpaired) electrons. The first-order valence-electron chi connectivity index (χ1n) is 8.73. The van der Waals surface area contributed by atoms with E-state index in [1.54, 1.807) is 6.07 Å². The molecule has 1 fully saturated rings. The van der Waals surface area contributed by atoms with Gasteiger partial charge in [-0.25, -0.2) is 4.79 Å². The molecule has 0 aliphatic heterocycles. The van der Waals surface area contributed by atoms with Gasteiger partial charge in [0.2, 0.25) is 0 Å². The predicted octanol–water partition coefficient (Wildman–Crippen LogP) is 3.40. The molecule has 1 aliphatic rings. The van der Waals surface area contributed by atoms with Gasteiger partial charge in [-0.05, 0) is 41.7 Å². The van der Waals surface area contributed by atoms with Crippen molar-refractivity contribution in [3.05, 3.63) is 42.0 Å². The van der Waals surface area contributed by atoms with Crippen molar-refractivity contribution in [2.45, 2.75) is 38.6 Å². The smallest absolute Gasteiger partial charge is 0.342 e. The molecular formula is C20H23NO4. The molecule has 2 atom stereocenters. The molecule has 5 heteroatoms. The third-order valence-corrected chi connectivity index (χ3v) is 4.88. The SMILES string of the molecule is C[C@@H]1CCCC[C@@H]1NC(=O)COC(=O)c1cc2ccccc2cc1O. The van der Waals surface area contributed by atoms with Crippen LogP contribution in [0.5, 0.6) is 5.75 Å². The fourth-order valence-corrected chi connectivity index (χ4v) is 3.38. The van der Waals surface area contributed by atoms with Crippen LogP contribution in [0.1, 0.15) is 43.0 Å². The number of nitrogens with one attached hydrogen (secondary N) is 1. The molecule has 0 heterocycles. The topological polar surface area (TPSA) is 75.6 Å². The Morgan fingerprint density at radius 2 is 1.84 bits per heavy atom. The number of esters is 1. The second-order valence-corrected chi connectivity index (χ2v) is 6.73. The molecule has 1 amide bonds. The van der Waals surface area contributed by atoms with Crippen molar-refractivity contribution in [1.29, 1.82) is 0 Å². The molecule has 132 valence electrons. The number of aromatic hydroxyl groups is 1. The van der Waals surface area contributed by atoms with Crippen LogP contribution in [0.2, 0.25) is 0 Å². The number of phenolic OH excluding ortho intramolecular Hbond substituents is 1. The number of rotatable bonds is 4. The van der Waals surface area contributed by atoms with Crippen molar-refractivity contribution in [1.82, 2.24) is 5.32 Å². The summed E-state index contributed by atoms with van der Waals surface area (Å²) in [6.45, 7) is 1.79. The van der Waals surface area contributed by atoms with Gasteiger partial charge in [0.25, 0.3) is 5.91 Å². The van der Waals surface area contributed by atoms with Gasteiger partial charge in [0.15, 0.2) is 6.61 Å². The van der Waals surface area contributed by atoms with Crippen molar-refractivity contribution in [2.24, 2.45) is 5.92 Å². The van der Waals surface area contributed by atoms with E-state index in [1.807, 2.05) is 24.3 Å². The molecule has 3 rings (SSSR count). The van der Waals surface area contributed by atoms with Crippen LogP contribution in [0.15, 0.2) is 36.4 Å². The van der Waals surface area contributed by atoms with Crippen LogP contribution in [-0.2, 0) is 9.53 Å². The Kier molecular flexibility index (Phi) is 5.22. The second-order valence-electron chi connectivity index (χ2n) is 6.73. The molecule has 0 saturated heterocycles. The number of hydrogen-bond acceptors (Lipinski definition) is 4. The molecule has 0 aromatic heterocycles. The van der Waals surface area contributed by atoms with Gasteiger partial charge in [0.05, 0.1) is 0 Å². The zero-order valence-electron chi connectivity index (χ0n) is 14.3. The van der Waals surface area contributed by atoms with Gasteiger partial charge in [-0.3, -0.25) is 4.79 Å². The standard InChI is InChI=1S/C20H23NO4/c1-13-6-2-5-9-17(13)21-19(23)12-25-20(24)16-10-14-7-3-4-8-15(14)11-18(16)22/h3-4,7-8,10-11,13,17,22H,2,5-6,9,12H2,1H3,(H,21,23)/t13-,17+/m1/s1. The minimum atomic E-state index is -0.699. The molecule has 1 aliphatic carbocycles. The summed E-state index contributed by atoms with van der Waals surface area (Å²) in [4.78, 5) is 24.2. The van der Waals surface area contributed by atoms with Crippen LogP contribution in [0.3, 0.4) is 0 Å². The summed E-state index contributed by atoms with van der Waals surface area (Å²) in [5.41, 5.74) is 0.0672. The lowest BCUT2D eigenvalue weighted by atomic mass is 9.86. The van der Waals surface area contributed by atoms with E-state index in [-0.39, 0.29) is 29.9 Å². The Morgan fingerprint density at radius 1 is 1.16 bits per heavy atom. The summed E-state index contributed by atoms with van der Waals surface area (Å²) in [5, 5.41) is 14.6. The van der Waals surface area contributed by atoms with Crippen molar-refractivity contribution in [3.8, 4) is 5.75 Å². The number of ether oxygens (including phenoxy) is 1. The third kappa shape index (κ3) is 4.10. The molecule has 2 aromatic carbocycles. The van der Waals surface area contributed by atoms with Gasteiger partial charge >= 0.3 is 5.97 Å². The van der Waals surface area contributed by atoms with Crippen LogP contribution in [0.25, 0.3) is 10.8 Å². The summed E-state index contributed by atoms with van der Waals surface area (Å²) < 4.78 is 5.09. The Morgan fingerprint density at radius 3 is 2.56 bits per heavy atom. The third-order valence-electron chi connectivity index (χ3n) is 4.88. The summed E-state index contributed by atoms with van der Waals surface area (Å²) in [5.74, 6) is -0.703. The molecule has 1 saturated carbocycles. The quantitative estimate of drug-likeness (QED) is 0.836. The fraction of sp³-hybridized carbons (Fsp3) is 0.400. The monoisotopic (exact) mass is 341 g/mol. The molecule has 25 heavy (non-hydrogen) atoms. The maximum atomic E-state index is 12.2. The fourth-order valence-electron chi connectivity index (χ4n) is 3.38. The maximum absolute atomic E-state index is 12.2. The van der Waals surface area contributed by atoms with E-state index < -0.39 is 5.97 Å². The van der Waals surface area contributed by atoms with E-state index in [4.69, 9.17) is 4.74 Å². The van der Waals surface area contributed by atoms with Crippen LogP contribution in [0, 0.1) is 5.92 Å². The Balaban J connectivity index is 1.60. The normalized spacial score (nSPS) is 20.2. The maximum Gasteiger partial charge on any atom is 0.342 e. The Bertz CT molecular complexity index is 786. The Hall–Kier alpha value is -2.56. The lowest BCUT2D eigenvalue weighted by Gasteiger charge is -2.29. The highest BCUT2D eigenvalue weighted by Gasteiger charge is 2.23. The van der Waals surface area contributed by atoms with Crippen molar-refractivity contribution < 1.29 is 19.4 Å². The minimum Gasteiger partial charge on any atom is -0.507 e. The number of benzene rings is 2. The van der Waals surface area contributed by atoms with Crippen LogP contribution < -0.4 is 5.32 Å². The highest BCUT2D eigenvalue weighted by molar-refractivity contribution is 5.99. The van der Waals surface area contributed by atoms with Gasteiger partial charge in [-0.15, -0.1) is 0 Å². The second kappa shape index (κ2) is 7.55. The van der Waals surface area contributed by atoms with Crippen molar-refractivity contribution in [3.63, 3.8) is 0 Å². The zero-order valence-corrected chi connectivity index (χ0v) is 14.3. The van der Waals surface area contributed by atoms with E-state index >= 15 is 0 Å². The van der Waals surface area contributed by atoms with E-state index in [0.29, 0.717) is 5.92 Å². The van der Waals surface area contributed by atoms with Crippen LogP contribution >= 0.6 is 0 Å². The number of hydrogen-bond donors (Lipinski definition) is 2. The van der Waals surface area contributed by atoms with Gasteiger partial charge in [-0.2, -0.15) is 0 Å².